The molecule has 0 saturated heterocycles. The first-order chi connectivity index (χ1) is 10.1. The zero-order valence-electron chi connectivity index (χ0n) is 10.9. The van der Waals surface area contributed by atoms with E-state index in [1.165, 1.54) is 23.9 Å². The number of benzene rings is 3. The molecule has 3 rings (SSSR count). The smallest absolute Gasteiger partial charge is 0.335 e. The third-order valence-corrected chi connectivity index (χ3v) is 4.17. The summed E-state index contributed by atoms with van der Waals surface area (Å²) in [6.45, 7) is 0. The average molecular weight is 298 g/mol. The van der Waals surface area contributed by atoms with Crippen molar-refractivity contribution in [3.8, 4) is 0 Å². The first-order valence-electron chi connectivity index (χ1n) is 6.33. The molecule has 21 heavy (non-hydrogen) atoms. The van der Waals surface area contributed by atoms with Gasteiger partial charge in [0.1, 0.15) is 5.82 Å². The van der Waals surface area contributed by atoms with Crippen LogP contribution in [-0.2, 0) is 0 Å². The van der Waals surface area contributed by atoms with Crippen LogP contribution in [0.5, 0.6) is 0 Å². The van der Waals surface area contributed by atoms with Crippen LogP contribution >= 0.6 is 11.8 Å². The Morgan fingerprint density at radius 1 is 0.952 bits per heavy atom. The lowest BCUT2D eigenvalue weighted by Crippen LogP contribution is -1.97. The Morgan fingerprint density at radius 2 is 1.71 bits per heavy atom. The highest BCUT2D eigenvalue weighted by Crippen LogP contribution is 2.32. The molecule has 0 bridgehead atoms. The Kier molecular flexibility index (Phi) is 3.62. The van der Waals surface area contributed by atoms with Gasteiger partial charge in [0, 0.05) is 9.79 Å². The Morgan fingerprint density at radius 3 is 2.43 bits per heavy atom. The number of aromatic carboxylic acids is 1. The molecule has 3 aromatic rings. The molecule has 0 aliphatic carbocycles. The summed E-state index contributed by atoms with van der Waals surface area (Å²) in [6, 6.07) is 17.8. The van der Waals surface area contributed by atoms with E-state index >= 15 is 0 Å². The van der Waals surface area contributed by atoms with Gasteiger partial charge in [-0.15, -0.1) is 0 Å². The minimum Gasteiger partial charge on any atom is -0.478 e. The van der Waals surface area contributed by atoms with Crippen molar-refractivity contribution in [2.75, 3.05) is 0 Å². The highest BCUT2D eigenvalue weighted by Gasteiger charge is 2.09. The van der Waals surface area contributed by atoms with Crippen molar-refractivity contribution in [2.24, 2.45) is 0 Å². The van der Waals surface area contributed by atoms with Gasteiger partial charge in [0.25, 0.3) is 0 Å². The molecule has 0 aliphatic rings. The maximum Gasteiger partial charge on any atom is 0.335 e. The van der Waals surface area contributed by atoms with Crippen LogP contribution in [0.4, 0.5) is 4.39 Å². The summed E-state index contributed by atoms with van der Waals surface area (Å²) in [6.07, 6.45) is 0. The summed E-state index contributed by atoms with van der Waals surface area (Å²) in [5.41, 5.74) is -0.0460. The van der Waals surface area contributed by atoms with Crippen molar-refractivity contribution in [2.45, 2.75) is 9.79 Å². The third kappa shape index (κ3) is 2.90. The van der Waals surface area contributed by atoms with Crippen LogP contribution in [0.15, 0.2) is 70.5 Å². The second-order valence-corrected chi connectivity index (χ2v) is 5.68. The molecule has 104 valence electrons. The second-order valence-electron chi connectivity index (χ2n) is 4.56. The number of carbonyl (C=O) groups is 1. The van der Waals surface area contributed by atoms with Crippen LogP contribution in [0, 0.1) is 5.82 Å². The minimum absolute atomic E-state index is 0.0460. The van der Waals surface area contributed by atoms with Crippen LogP contribution in [0.3, 0.4) is 0 Å². The molecule has 0 aliphatic heterocycles. The van der Waals surface area contributed by atoms with E-state index in [-0.39, 0.29) is 5.56 Å². The zero-order valence-corrected chi connectivity index (χ0v) is 11.7. The Hall–Kier alpha value is -2.33. The maximum atomic E-state index is 13.9. The highest BCUT2D eigenvalue weighted by molar-refractivity contribution is 7.99. The molecular weight excluding hydrogens is 287 g/mol. The summed E-state index contributed by atoms with van der Waals surface area (Å²) in [4.78, 5) is 12.1. The summed E-state index contributed by atoms with van der Waals surface area (Å²) < 4.78 is 13.9. The first kappa shape index (κ1) is 13.6. The van der Waals surface area contributed by atoms with E-state index in [0.29, 0.717) is 4.90 Å². The van der Waals surface area contributed by atoms with Crippen molar-refractivity contribution in [3.63, 3.8) is 0 Å². The van der Waals surface area contributed by atoms with E-state index in [4.69, 9.17) is 5.11 Å². The normalized spacial score (nSPS) is 10.7. The fraction of sp³-hybridized carbons (Fsp3) is 0. The molecule has 0 amide bonds. The second kappa shape index (κ2) is 5.58. The molecule has 3 aromatic carbocycles. The quantitative estimate of drug-likeness (QED) is 0.752. The van der Waals surface area contributed by atoms with Crippen molar-refractivity contribution in [3.05, 3.63) is 72.0 Å². The molecule has 0 heterocycles. The van der Waals surface area contributed by atoms with E-state index in [1.807, 2.05) is 42.5 Å². The van der Waals surface area contributed by atoms with Gasteiger partial charge in [0.15, 0.2) is 0 Å². The van der Waals surface area contributed by atoms with Gasteiger partial charge < -0.3 is 5.11 Å². The van der Waals surface area contributed by atoms with Crippen molar-refractivity contribution >= 4 is 28.5 Å². The molecule has 0 aromatic heterocycles. The average Bonchev–Trinajstić information content (AvgIpc) is 2.49. The summed E-state index contributed by atoms with van der Waals surface area (Å²) in [7, 11) is 0. The van der Waals surface area contributed by atoms with E-state index in [2.05, 4.69) is 0 Å². The number of rotatable bonds is 3. The largest absolute Gasteiger partial charge is 0.478 e. The first-order valence-corrected chi connectivity index (χ1v) is 7.14. The van der Waals surface area contributed by atoms with Crippen LogP contribution in [0.1, 0.15) is 10.4 Å². The lowest BCUT2D eigenvalue weighted by atomic mass is 10.1. The van der Waals surface area contributed by atoms with Crippen LogP contribution < -0.4 is 0 Å². The highest BCUT2D eigenvalue weighted by atomic mass is 32.2. The molecule has 0 spiro atoms. The van der Waals surface area contributed by atoms with Gasteiger partial charge >= 0.3 is 5.97 Å². The van der Waals surface area contributed by atoms with E-state index < -0.39 is 11.8 Å². The van der Waals surface area contributed by atoms with Crippen molar-refractivity contribution in [1.29, 1.82) is 0 Å². The van der Waals surface area contributed by atoms with Crippen LogP contribution in [0.25, 0.3) is 10.8 Å². The molecular formula is C17H11FO2S. The maximum absolute atomic E-state index is 13.9. The fourth-order valence-electron chi connectivity index (χ4n) is 2.07. The molecule has 4 heteroatoms. The predicted octanol–water partition coefficient (Wildman–Crippen LogP) is 4.83. The zero-order chi connectivity index (χ0) is 14.8. The Balaban J connectivity index is 1.93. The third-order valence-electron chi connectivity index (χ3n) is 3.13. The lowest BCUT2D eigenvalue weighted by Gasteiger charge is -2.06. The van der Waals surface area contributed by atoms with E-state index in [9.17, 15) is 9.18 Å². The molecule has 2 nitrogen and oxygen atoms in total. The van der Waals surface area contributed by atoms with Gasteiger partial charge in [-0.05, 0) is 41.1 Å². The number of hydrogen-bond donors (Lipinski definition) is 1. The topological polar surface area (TPSA) is 37.3 Å². The van der Waals surface area contributed by atoms with Gasteiger partial charge in [-0.2, -0.15) is 0 Å². The van der Waals surface area contributed by atoms with Gasteiger partial charge in [-0.25, -0.2) is 9.18 Å². The fourth-order valence-corrected chi connectivity index (χ4v) is 2.94. The van der Waals surface area contributed by atoms with Crippen molar-refractivity contribution < 1.29 is 14.3 Å². The molecule has 0 atom stereocenters. The number of carboxylic acids is 1. The molecule has 0 saturated carbocycles. The van der Waals surface area contributed by atoms with Gasteiger partial charge in [-0.3, -0.25) is 0 Å². The van der Waals surface area contributed by atoms with Gasteiger partial charge in [-0.1, -0.05) is 42.1 Å². The Bertz CT molecular complexity index is 830. The van der Waals surface area contributed by atoms with Gasteiger partial charge in [0.05, 0.1) is 5.56 Å². The SMILES string of the molecule is O=C(O)c1ccc(Sc2ccc3ccccc3c2)c(F)c1. The monoisotopic (exact) mass is 298 g/mol. The minimum atomic E-state index is -1.13. The number of fused-ring (bicyclic) bond motifs is 1. The molecule has 1 N–H and O–H groups in total. The standard InChI is InChI=1S/C17H11FO2S/c18-15-10-13(17(19)20)6-8-16(15)21-14-7-5-11-3-1-2-4-12(11)9-14/h1-10H,(H,19,20). The van der Waals surface area contributed by atoms with E-state index in [1.54, 1.807) is 0 Å². The molecule has 0 unspecified atom stereocenters. The van der Waals surface area contributed by atoms with Crippen LogP contribution in [-0.4, -0.2) is 11.1 Å². The van der Waals surface area contributed by atoms with Crippen molar-refractivity contribution in [1.82, 2.24) is 0 Å². The van der Waals surface area contributed by atoms with Gasteiger partial charge in [0.2, 0.25) is 0 Å². The van der Waals surface area contributed by atoms with Crippen LogP contribution in [0.2, 0.25) is 0 Å². The predicted molar refractivity (Wildman–Crippen MR) is 81.4 cm³/mol. The summed E-state index contributed by atoms with van der Waals surface area (Å²) in [5, 5.41) is 11.1. The molecule has 0 fully saturated rings. The number of hydrogen-bond acceptors (Lipinski definition) is 2. The summed E-state index contributed by atoms with van der Waals surface area (Å²) >= 11 is 1.28. The Labute approximate surface area is 125 Å². The molecule has 0 radical (unpaired) electrons. The lowest BCUT2D eigenvalue weighted by molar-refractivity contribution is 0.0696. The van der Waals surface area contributed by atoms with E-state index in [0.717, 1.165) is 21.7 Å². The number of carboxylic acid groups (broad SMARTS) is 1. The summed E-state index contributed by atoms with van der Waals surface area (Å²) in [5.74, 6) is -1.65. The number of halogens is 1.